The number of hydrogen-bond acceptors (Lipinski definition) is 6. The Morgan fingerprint density at radius 3 is 2.79 bits per heavy atom. The number of rotatable bonds is 6. The van der Waals surface area contributed by atoms with E-state index in [4.69, 9.17) is 9.72 Å². The van der Waals surface area contributed by atoms with Crippen LogP contribution in [0.4, 0.5) is 0 Å². The highest BCUT2D eigenvalue weighted by atomic mass is 79.9. The van der Waals surface area contributed by atoms with E-state index in [0.717, 1.165) is 26.5 Å². The molecule has 4 aromatic rings. The molecule has 2 aromatic heterocycles. The first-order valence-electron chi connectivity index (χ1n) is 8.91. The van der Waals surface area contributed by atoms with Gasteiger partial charge < -0.3 is 4.74 Å². The Kier molecular flexibility index (Phi) is 6.03. The number of aryl methyl sites for hydroxylation is 1. The van der Waals surface area contributed by atoms with Gasteiger partial charge in [-0.3, -0.25) is 9.36 Å². The van der Waals surface area contributed by atoms with Crippen LogP contribution in [0.15, 0.2) is 62.3 Å². The second-order valence-corrected chi connectivity index (χ2v) is 9.33. The molecule has 0 saturated carbocycles. The molecule has 2 aromatic carbocycles. The van der Waals surface area contributed by atoms with Gasteiger partial charge in [-0.15, -0.1) is 11.3 Å². The van der Waals surface area contributed by atoms with Gasteiger partial charge in [0.05, 0.1) is 35.3 Å². The lowest BCUT2D eigenvalue weighted by Gasteiger charge is -2.15. The number of nitrogens with zero attached hydrogens (tertiary/aromatic N) is 3. The number of benzene rings is 2. The fourth-order valence-electron chi connectivity index (χ4n) is 3.04. The van der Waals surface area contributed by atoms with Crippen LogP contribution < -0.4 is 10.3 Å². The smallest absolute Gasteiger partial charge is 0.262 e. The number of thioether (sulfide) groups is 1. The lowest BCUT2D eigenvalue weighted by atomic mass is 10.2. The Hall–Kier alpha value is -2.16. The van der Waals surface area contributed by atoms with Crippen LogP contribution in [-0.4, -0.2) is 21.6 Å². The summed E-state index contributed by atoms with van der Waals surface area (Å²) in [5, 5.41) is 4.33. The van der Waals surface area contributed by atoms with E-state index in [2.05, 4.69) is 20.9 Å². The zero-order valence-electron chi connectivity index (χ0n) is 15.9. The van der Waals surface area contributed by atoms with Crippen molar-refractivity contribution in [3.05, 3.63) is 78.9 Å². The predicted molar refractivity (Wildman–Crippen MR) is 122 cm³/mol. The molecule has 5 nitrogen and oxygen atoms in total. The lowest BCUT2D eigenvalue weighted by molar-refractivity contribution is 0.407. The van der Waals surface area contributed by atoms with Crippen LogP contribution in [0.3, 0.4) is 0 Å². The average molecular weight is 488 g/mol. The third-order valence-electron chi connectivity index (χ3n) is 4.42. The summed E-state index contributed by atoms with van der Waals surface area (Å²) in [6, 6.07) is 13.3. The van der Waals surface area contributed by atoms with Crippen LogP contribution in [0.1, 0.15) is 16.3 Å². The van der Waals surface area contributed by atoms with Crippen LogP contribution in [0, 0.1) is 6.92 Å². The molecule has 29 heavy (non-hydrogen) atoms. The molecular weight excluding hydrogens is 470 g/mol. The van der Waals surface area contributed by atoms with E-state index >= 15 is 0 Å². The van der Waals surface area contributed by atoms with E-state index < -0.39 is 0 Å². The molecule has 0 bridgehead atoms. The first-order valence-corrected chi connectivity index (χ1v) is 11.6. The quantitative estimate of drug-likeness (QED) is 0.273. The summed E-state index contributed by atoms with van der Waals surface area (Å²) in [5.41, 5.74) is 2.54. The summed E-state index contributed by atoms with van der Waals surface area (Å²) in [6.45, 7) is 2.37. The van der Waals surface area contributed by atoms with E-state index in [1.54, 1.807) is 23.0 Å². The number of thiazole rings is 1. The minimum atomic E-state index is -0.0702. The zero-order chi connectivity index (χ0) is 20.4. The molecule has 4 rings (SSSR count). The fourth-order valence-corrected chi connectivity index (χ4v) is 5.01. The SMILES string of the molecule is COc1ccccc1Cn1c(SCc2csc(C)n2)nc2ccc(Br)cc2c1=O. The van der Waals surface area contributed by atoms with E-state index in [1.165, 1.54) is 11.8 Å². The molecule has 2 heterocycles. The monoisotopic (exact) mass is 487 g/mol. The molecule has 0 N–H and O–H groups in total. The summed E-state index contributed by atoms with van der Waals surface area (Å²) in [5.74, 6) is 1.41. The van der Waals surface area contributed by atoms with Crippen LogP contribution in [0.5, 0.6) is 5.75 Å². The Labute approximate surface area is 184 Å². The van der Waals surface area contributed by atoms with Gasteiger partial charge in [0.2, 0.25) is 0 Å². The van der Waals surface area contributed by atoms with E-state index in [-0.39, 0.29) is 5.56 Å². The molecular formula is C21H18BrN3O2S2. The minimum absolute atomic E-state index is 0.0702. The summed E-state index contributed by atoms with van der Waals surface area (Å²) < 4.78 is 8.05. The number of halogens is 1. The Balaban J connectivity index is 1.80. The molecule has 0 amide bonds. The molecule has 148 valence electrons. The number of aromatic nitrogens is 3. The van der Waals surface area contributed by atoms with Crippen LogP contribution in [-0.2, 0) is 12.3 Å². The van der Waals surface area contributed by atoms with Gasteiger partial charge in [-0.05, 0) is 31.2 Å². The Morgan fingerprint density at radius 2 is 2.03 bits per heavy atom. The van der Waals surface area contributed by atoms with Crippen molar-refractivity contribution in [2.45, 2.75) is 24.4 Å². The van der Waals surface area contributed by atoms with Gasteiger partial charge in [-0.1, -0.05) is 45.9 Å². The highest BCUT2D eigenvalue weighted by molar-refractivity contribution is 9.10. The van der Waals surface area contributed by atoms with Crippen LogP contribution in [0.2, 0.25) is 0 Å². The highest BCUT2D eigenvalue weighted by Gasteiger charge is 2.15. The van der Waals surface area contributed by atoms with Crippen LogP contribution in [0.25, 0.3) is 10.9 Å². The third-order valence-corrected chi connectivity index (χ3v) is 6.74. The molecule has 0 aliphatic carbocycles. The van der Waals surface area contributed by atoms with E-state index in [0.29, 0.717) is 28.4 Å². The molecule has 0 saturated heterocycles. The topological polar surface area (TPSA) is 57.0 Å². The standard InChI is InChI=1S/C21H18BrN3O2S2/c1-13-23-16(11-28-13)12-29-21-24-18-8-7-15(22)9-17(18)20(26)25(21)10-14-5-3-4-6-19(14)27-2/h3-9,11H,10,12H2,1-2H3. The summed E-state index contributed by atoms with van der Waals surface area (Å²) in [4.78, 5) is 22.7. The average Bonchev–Trinajstić information content (AvgIpc) is 3.15. The number of hydrogen-bond donors (Lipinski definition) is 0. The van der Waals surface area contributed by atoms with Crippen molar-refractivity contribution in [3.63, 3.8) is 0 Å². The van der Waals surface area contributed by atoms with Gasteiger partial charge in [0.25, 0.3) is 5.56 Å². The molecule has 0 aliphatic rings. The van der Waals surface area contributed by atoms with Gasteiger partial charge in [-0.25, -0.2) is 9.97 Å². The summed E-state index contributed by atoms with van der Waals surface area (Å²) in [7, 11) is 1.64. The van der Waals surface area contributed by atoms with Crippen molar-refractivity contribution in [2.75, 3.05) is 7.11 Å². The fraction of sp³-hybridized carbons (Fsp3) is 0.190. The molecule has 0 unspecified atom stereocenters. The number of ether oxygens (including phenoxy) is 1. The van der Waals surface area contributed by atoms with Crippen molar-refractivity contribution < 1.29 is 4.74 Å². The Morgan fingerprint density at radius 1 is 1.21 bits per heavy atom. The minimum Gasteiger partial charge on any atom is -0.496 e. The molecule has 0 radical (unpaired) electrons. The normalized spacial score (nSPS) is 11.1. The van der Waals surface area contributed by atoms with Crippen molar-refractivity contribution in [3.8, 4) is 5.75 Å². The van der Waals surface area contributed by atoms with Crippen LogP contribution >= 0.6 is 39.0 Å². The molecule has 0 atom stereocenters. The first-order chi connectivity index (χ1) is 14.0. The van der Waals surface area contributed by atoms with E-state index in [9.17, 15) is 4.79 Å². The maximum atomic E-state index is 13.4. The molecule has 0 fully saturated rings. The second kappa shape index (κ2) is 8.69. The summed E-state index contributed by atoms with van der Waals surface area (Å²) >= 11 is 6.60. The van der Waals surface area contributed by atoms with Gasteiger partial charge in [0.1, 0.15) is 5.75 Å². The Bertz CT molecular complexity index is 1240. The van der Waals surface area contributed by atoms with Gasteiger partial charge in [0, 0.05) is 21.2 Å². The maximum Gasteiger partial charge on any atom is 0.262 e. The predicted octanol–water partition coefficient (Wildman–Crippen LogP) is 5.27. The molecule has 0 spiro atoms. The summed E-state index contributed by atoms with van der Waals surface area (Å²) in [6.07, 6.45) is 0. The van der Waals surface area contributed by atoms with Crippen molar-refractivity contribution in [1.29, 1.82) is 0 Å². The first kappa shape index (κ1) is 20.1. The molecule has 0 aliphatic heterocycles. The van der Waals surface area contributed by atoms with Gasteiger partial charge >= 0.3 is 0 Å². The largest absolute Gasteiger partial charge is 0.496 e. The van der Waals surface area contributed by atoms with Gasteiger partial charge in [-0.2, -0.15) is 0 Å². The third kappa shape index (κ3) is 4.39. The second-order valence-electron chi connectivity index (χ2n) is 6.41. The maximum absolute atomic E-state index is 13.4. The zero-order valence-corrected chi connectivity index (χ0v) is 19.1. The lowest BCUT2D eigenvalue weighted by Crippen LogP contribution is -2.24. The van der Waals surface area contributed by atoms with Crippen molar-refractivity contribution >= 4 is 49.9 Å². The number of fused-ring (bicyclic) bond motifs is 1. The highest BCUT2D eigenvalue weighted by Crippen LogP contribution is 2.26. The van der Waals surface area contributed by atoms with Crippen molar-refractivity contribution in [1.82, 2.24) is 14.5 Å². The number of methoxy groups -OCH3 is 1. The molecule has 8 heteroatoms. The van der Waals surface area contributed by atoms with E-state index in [1.807, 2.05) is 54.8 Å². The number of para-hydroxylation sites is 1. The van der Waals surface area contributed by atoms with Gasteiger partial charge in [0.15, 0.2) is 5.16 Å². The van der Waals surface area contributed by atoms with Crippen molar-refractivity contribution in [2.24, 2.45) is 0 Å².